The summed E-state index contributed by atoms with van der Waals surface area (Å²) in [4.78, 5) is 2.27. The van der Waals surface area contributed by atoms with E-state index in [0.29, 0.717) is 0 Å². The van der Waals surface area contributed by atoms with Gasteiger partial charge >= 0.3 is 0 Å². The van der Waals surface area contributed by atoms with E-state index in [-0.39, 0.29) is 11.6 Å². The van der Waals surface area contributed by atoms with Gasteiger partial charge in [-0.05, 0) is 72.8 Å². The molecular formula is C42H27F2N3. The number of benzene rings is 7. The first-order chi connectivity index (χ1) is 23.2. The SMILES string of the molecule is Fc1cccc(-n2c3ccccc3c3cccc(N(c4ccccc4)c4cccc5c6ccccc6n(-c6cccc(F)c6)c45)c32)c1. The summed E-state index contributed by atoms with van der Waals surface area (Å²) in [5, 5.41) is 4.27. The van der Waals surface area contributed by atoms with Crippen molar-refractivity contribution in [2.45, 2.75) is 0 Å². The van der Waals surface area contributed by atoms with Crippen LogP contribution in [0.25, 0.3) is 55.0 Å². The van der Waals surface area contributed by atoms with Crippen LogP contribution in [0.2, 0.25) is 0 Å². The first-order valence-corrected chi connectivity index (χ1v) is 15.6. The number of hydrogen-bond acceptors (Lipinski definition) is 1. The van der Waals surface area contributed by atoms with E-state index in [1.165, 1.54) is 12.1 Å². The smallest absolute Gasteiger partial charge is 0.125 e. The Kier molecular flexibility index (Phi) is 6.18. The van der Waals surface area contributed by atoms with Crippen LogP contribution < -0.4 is 4.90 Å². The quantitative estimate of drug-likeness (QED) is 0.189. The lowest BCUT2D eigenvalue weighted by Crippen LogP contribution is -2.13. The monoisotopic (exact) mass is 611 g/mol. The lowest BCUT2D eigenvalue weighted by Gasteiger charge is -2.28. The van der Waals surface area contributed by atoms with E-state index in [1.54, 1.807) is 24.3 Å². The van der Waals surface area contributed by atoms with Gasteiger partial charge in [0.2, 0.25) is 0 Å². The summed E-state index contributed by atoms with van der Waals surface area (Å²) in [6.07, 6.45) is 0. The molecule has 0 saturated heterocycles. The fourth-order valence-electron chi connectivity index (χ4n) is 7.11. The molecule has 2 heterocycles. The van der Waals surface area contributed by atoms with Crippen LogP contribution in [0.15, 0.2) is 164 Å². The minimum atomic E-state index is -0.296. The van der Waals surface area contributed by atoms with Crippen molar-refractivity contribution in [3.05, 3.63) is 175 Å². The van der Waals surface area contributed by atoms with E-state index in [2.05, 4.69) is 86.8 Å². The first-order valence-electron chi connectivity index (χ1n) is 15.6. The maximum absolute atomic E-state index is 14.8. The molecule has 0 fully saturated rings. The normalized spacial score (nSPS) is 11.6. The molecule has 2 aromatic heterocycles. The Labute approximate surface area is 269 Å². The predicted octanol–water partition coefficient (Wildman–Crippen LogP) is 11.6. The van der Waals surface area contributed by atoms with Crippen molar-refractivity contribution in [2.24, 2.45) is 0 Å². The molecule has 0 spiro atoms. The number of fused-ring (bicyclic) bond motifs is 6. The van der Waals surface area contributed by atoms with Gasteiger partial charge in [0.15, 0.2) is 0 Å². The Morgan fingerprint density at radius 1 is 0.383 bits per heavy atom. The van der Waals surface area contributed by atoms with Gasteiger partial charge in [-0.1, -0.05) is 91.0 Å². The van der Waals surface area contributed by atoms with E-state index in [4.69, 9.17) is 0 Å². The van der Waals surface area contributed by atoms with Crippen molar-refractivity contribution in [1.29, 1.82) is 0 Å². The second kappa shape index (κ2) is 10.7. The van der Waals surface area contributed by atoms with Gasteiger partial charge in [-0.3, -0.25) is 0 Å². The number of anilines is 3. The third kappa shape index (κ3) is 4.24. The molecule has 7 aromatic carbocycles. The fourth-order valence-corrected chi connectivity index (χ4v) is 7.11. The second-order valence-corrected chi connectivity index (χ2v) is 11.7. The van der Waals surface area contributed by atoms with Crippen molar-refractivity contribution in [2.75, 3.05) is 4.90 Å². The highest BCUT2D eigenvalue weighted by Gasteiger charge is 2.25. The van der Waals surface area contributed by atoms with Crippen LogP contribution >= 0.6 is 0 Å². The van der Waals surface area contributed by atoms with E-state index in [1.807, 2.05) is 54.6 Å². The van der Waals surface area contributed by atoms with E-state index in [9.17, 15) is 8.78 Å². The van der Waals surface area contributed by atoms with Crippen LogP contribution in [0.4, 0.5) is 25.8 Å². The molecule has 224 valence electrons. The summed E-state index contributed by atoms with van der Waals surface area (Å²) in [5.74, 6) is -0.592. The van der Waals surface area contributed by atoms with Gasteiger partial charge in [-0.25, -0.2) is 8.78 Å². The Bertz CT molecular complexity index is 2450. The maximum atomic E-state index is 14.8. The number of nitrogens with zero attached hydrogens (tertiary/aromatic N) is 3. The summed E-state index contributed by atoms with van der Waals surface area (Å²) < 4.78 is 33.9. The Morgan fingerprint density at radius 3 is 1.30 bits per heavy atom. The molecule has 9 rings (SSSR count). The molecule has 0 bridgehead atoms. The molecule has 0 aliphatic rings. The zero-order valence-electron chi connectivity index (χ0n) is 25.2. The Balaban J connectivity index is 1.45. The standard InChI is InChI=1S/C42H27F2N3/c43-28-12-8-16-31(26-28)46-37-22-6-4-18-33(37)35-20-10-24-39(41(35)46)45(30-14-2-1-3-15-30)40-25-11-21-36-34-19-5-7-23-38(34)47(42(36)40)32-17-9-13-29(44)27-32/h1-27H. The zero-order chi connectivity index (χ0) is 31.5. The average Bonchev–Trinajstić information content (AvgIpc) is 3.63. The number of para-hydroxylation sites is 5. The van der Waals surface area contributed by atoms with Crippen LogP contribution in [0, 0.1) is 11.6 Å². The number of hydrogen-bond donors (Lipinski definition) is 0. The lowest BCUT2D eigenvalue weighted by molar-refractivity contribution is 0.626. The van der Waals surface area contributed by atoms with Gasteiger partial charge in [-0.2, -0.15) is 0 Å². The van der Waals surface area contributed by atoms with Gasteiger partial charge in [0.1, 0.15) is 11.6 Å². The minimum Gasteiger partial charge on any atom is -0.307 e. The van der Waals surface area contributed by atoms with Gasteiger partial charge in [0, 0.05) is 38.6 Å². The highest BCUT2D eigenvalue weighted by Crippen LogP contribution is 2.47. The predicted molar refractivity (Wildman–Crippen MR) is 190 cm³/mol. The van der Waals surface area contributed by atoms with Gasteiger partial charge in [0.05, 0.1) is 33.4 Å². The third-order valence-corrected chi connectivity index (χ3v) is 8.98. The Hall–Kier alpha value is -6.20. The largest absolute Gasteiger partial charge is 0.307 e. The Morgan fingerprint density at radius 2 is 0.809 bits per heavy atom. The summed E-state index contributed by atoms with van der Waals surface area (Å²) in [7, 11) is 0. The average molecular weight is 612 g/mol. The molecule has 0 saturated carbocycles. The van der Waals surface area contributed by atoms with E-state index in [0.717, 1.165) is 72.0 Å². The highest BCUT2D eigenvalue weighted by molar-refractivity contribution is 6.17. The molecule has 0 atom stereocenters. The molecule has 0 N–H and O–H groups in total. The van der Waals surface area contributed by atoms with Crippen LogP contribution in [0.1, 0.15) is 0 Å². The van der Waals surface area contributed by atoms with Crippen molar-refractivity contribution >= 4 is 60.7 Å². The minimum absolute atomic E-state index is 0.296. The van der Waals surface area contributed by atoms with Gasteiger partial charge in [0.25, 0.3) is 0 Å². The summed E-state index contributed by atoms with van der Waals surface area (Å²) in [6.45, 7) is 0. The zero-order valence-corrected chi connectivity index (χ0v) is 25.2. The van der Waals surface area contributed by atoms with Crippen molar-refractivity contribution in [1.82, 2.24) is 9.13 Å². The molecular weight excluding hydrogens is 584 g/mol. The van der Waals surface area contributed by atoms with Crippen LogP contribution in [0.3, 0.4) is 0 Å². The van der Waals surface area contributed by atoms with Crippen molar-refractivity contribution in [3.63, 3.8) is 0 Å². The molecule has 0 aliphatic carbocycles. The van der Waals surface area contributed by atoms with Crippen molar-refractivity contribution in [3.8, 4) is 11.4 Å². The summed E-state index contributed by atoms with van der Waals surface area (Å²) in [6, 6.07) is 53.0. The highest BCUT2D eigenvalue weighted by atomic mass is 19.1. The molecule has 0 amide bonds. The molecule has 47 heavy (non-hydrogen) atoms. The van der Waals surface area contributed by atoms with Gasteiger partial charge in [-0.15, -0.1) is 0 Å². The third-order valence-electron chi connectivity index (χ3n) is 8.98. The maximum Gasteiger partial charge on any atom is 0.125 e. The molecule has 5 heteroatoms. The van der Waals surface area contributed by atoms with E-state index < -0.39 is 0 Å². The van der Waals surface area contributed by atoms with Crippen LogP contribution in [0.5, 0.6) is 0 Å². The second-order valence-electron chi connectivity index (χ2n) is 11.7. The van der Waals surface area contributed by atoms with Gasteiger partial charge < -0.3 is 14.0 Å². The number of halogens is 2. The molecule has 0 unspecified atom stereocenters. The number of rotatable bonds is 5. The van der Waals surface area contributed by atoms with E-state index >= 15 is 0 Å². The topological polar surface area (TPSA) is 13.1 Å². The van der Waals surface area contributed by atoms with Crippen LogP contribution in [-0.4, -0.2) is 9.13 Å². The fraction of sp³-hybridized carbons (Fsp3) is 0. The summed E-state index contributed by atoms with van der Waals surface area (Å²) >= 11 is 0. The number of aromatic nitrogens is 2. The molecule has 0 aliphatic heterocycles. The molecule has 0 radical (unpaired) electrons. The molecule has 3 nitrogen and oxygen atoms in total. The van der Waals surface area contributed by atoms with Crippen LogP contribution in [-0.2, 0) is 0 Å². The first kappa shape index (κ1) is 27.1. The summed E-state index contributed by atoms with van der Waals surface area (Å²) in [5.41, 5.74) is 8.17. The lowest BCUT2D eigenvalue weighted by atomic mass is 10.1. The molecule has 9 aromatic rings. The van der Waals surface area contributed by atoms with Crippen molar-refractivity contribution < 1.29 is 8.78 Å².